The second-order valence-electron chi connectivity index (χ2n) is 5.50. The number of esters is 1. The van der Waals surface area contributed by atoms with E-state index in [-0.39, 0.29) is 5.69 Å². The Bertz CT molecular complexity index is 847. The summed E-state index contributed by atoms with van der Waals surface area (Å²) in [4.78, 5) is 34.6. The molecular formula is C17H14N2O5. The SMILES string of the molecule is Cc1cc([N+](=O)[O-])ccc1NC(=O)[C@H]1Cc2ccccc2C(=O)O1. The number of nitro benzene ring substituents is 1. The van der Waals surface area contributed by atoms with Crippen LogP contribution in [0.4, 0.5) is 11.4 Å². The molecule has 0 saturated heterocycles. The molecule has 1 heterocycles. The van der Waals surface area contributed by atoms with Crippen LogP contribution >= 0.6 is 0 Å². The van der Waals surface area contributed by atoms with Crippen LogP contribution in [-0.4, -0.2) is 22.9 Å². The number of carbonyl (C=O) groups is 2. The lowest BCUT2D eigenvalue weighted by Crippen LogP contribution is -2.38. The Morgan fingerprint density at radius 3 is 2.75 bits per heavy atom. The van der Waals surface area contributed by atoms with Crippen molar-refractivity contribution in [2.24, 2.45) is 0 Å². The third kappa shape index (κ3) is 2.96. The molecular weight excluding hydrogens is 312 g/mol. The van der Waals surface area contributed by atoms with Gasteiger partial charge in [0.15, 0.2) is 6.10 Å². The molecule has 0 spiro atoms. The Kier molecular flexibility index (Phi) is 3.99. The summed E-state index contributed by atoms with van der Waals surface area (Å²) in [6, 6.07) is 11.1. The molecule has 0 aromatic heterocycles. The fourth-order valence-corrected chi connectivity index (χ4v) is 2.59. The van der Waals surface area contributed by atoms with E-state index in [1.54, 1.807) is 31.2 Å². The van der Waals surface area contributed by atoms with Gasteiger partial charge in [-0.1, -0.05) is 18.2 Å². The van der Waals surface area contributed by atoms with Crippen LogP contribution in [0.15, 0.2) is 42.5 Å². The first-order valence-corrected chi connectivity index (χ1v) is 7.30. The molecule has 0 bridgehead atoms. The average Bonchev–Trinajstić information content (AvgIpc) is 2.56. The van der Waals surface area contributed by atoms with Crippen molar-refractivity contribution in [3.05, 3.63) is 69.3 Å². The summed E-state index contributed by atoms with van der Waals surface area (Å²) >= 11 is 0. The third-order valence-corrected chi connectivity index (χ3v) is 3.86. The predicted octanol–water partition coefficient (Wildman–Crippen LogP) is 2.62. The molecule has 1 amide bonds. The topological polar surface area (TPSA) is 98.5 Å². The van der Waals surface area contributed by atoms with Crippen molar-refractivity contribution in [1.29, 1.82) is 0 Å². The number of benzene rings is 2. The Hall–Kier alpha value is -3.22. The molecule has 0 saturated carbocycles. The minimum Gasteiger partial charge on any atom is -0.448 e. The maximum atomic E-state index is 12.4. The first-order chi connectivity index (χ1) is 11.5. The highest BCUT2D eigenvalue weighted by atomic mass is 16.6. The fraction of sp³-hybridized carbons (Fsp3) is 0.176. The van der Waals surface area contributed by atoms with Crippen molar-refractivity contribution in [1.82, 2.24) is 0 Å². The minimum atomic E-state index is -0.929. The monoisotopic (exact) mass is 326 g/mol. The summed E-state index contributed by atoms with van der Waals surface area (Å²) in [5.41, 5.74) is 2.17. The van der Waals surface area contributed by atoms with Gasteiger partial charge < -0.3 is 10.1 Å². The number of amides is 1. The molecule has 2 aromatic carbocycles. The van der Waals surface area contributed by atoms with Crippen LogP contribution in [0.5, 0.6) is 0 Å². The van der Waals surface area contributed by atoms with Gasteiger partial charge in [0.05, 0.1) is 10.5 Å². The fourth-order valence-electron chi connectivity index (χ4n) is 2.59. The first-order valence-electron chi connectivity index (χ1n) is 7.30. The Labute approximate surface area is 137 Å². The van der Waals surface area contributed by atoms with E-state index in [0.29, 0.717) is 23.2 Å². The molecule has 7 nitrogen and oxygen atoms in total. The highest BCUT2D eigenvalue weighted by Crippen LogP contribution is 2.24. The van der Waals surface area contributed by atoms with Crippen LogP contribution in [0.2, 0.25) is 0 Å². The maximum absolute atomic E-state index is 12.4. The van der Waals surface area contributed by atoms with E-state index in [0.717, 1.165) is 5.56 Å². The number of hydrogen-bond donors (Lipinski definition) is 1. The number of rotatable bonds is 3. The van der Waals surface area contributed by atoms with Crippen LogP contribution in [-0.2, 0) is 16.0 Å². The van der Waals surface area contributed by atoms with Gasteiger partial charge in [-0.15, -0.1) is 0 Å². The van der Waals surface area contributed by atoms with Crippen LogP contribution < -0.4 is 5.32 Å². The number of anilines is 1. The zero-order chi connectivity index (χ0) is 17.3. The number of nitrogens with zero attached hydrogens (tertiary/aromatic N) is 1. The summed E-state index contributed by atoms with van der Waals surface area (Å²) in [5.74, 6) is -0.993. The Morgan fingerprint density at radius 1 is 1.29 bits per heavy atom. The van der Waals surface area contributed by atoms with Gasteiger partial charge in [0.1, 0.15) is 0 Å². The van der Waals surface area contributed by atoms with Crippen molar-refractivity contribution >= 4 is 23.3 Å². The minimum absolute atomic E-state index is 0.0523. The van der Waals surface area contributed by atoms with Crippen molar-refractivity contribution in [2.45, 2.75) is 19.4 Å². The zero-order valence-electron chi connectivity index (χ0n) is 12.8. The second-order valence-corrected chi connectivity index (χ2v) is 5.50. The summed E-state index contributed by atoms with van der Waals surface area (Å²) in [6.45, 7) is 1.66. The van der Waals surface area contributed by atoms with Gasteiger partial charge in [0.25, 0.3) is 11.6 Å². The number of nitro groups is 1. The predicted molar refractivity (Wildman–Crippen MR) is 85.8 cm³/mol. The number of non-ortho nitro benzene ring substituents is 1. The number of carbonyl (C=O) groups excluding carboxylic acids is 2. The lowest BCUT2D eigenvalue weighted by atomic mass is 9.98. The van der Waals surface area contributed by atoms with Gasteiger partial charge >= 0.3 is 5.97 Å². The summed E-state index contributed by atoms with van der Waals surface area (Å²) in [5, 5.41) is 13.4. The summed E-state index contributed by atoms with van der Waals surface area (Å²) < 4.78 is 5.19. The molecule has 0 unspecified atom stereocenters. The van der Waals surface area contributed by atoms with Crippen LogP contribution in [0.1, 0.15) is 21.5 Å². The quantitative estimate of drug-likeness (QED) is 0.531. The van der Waals surface area contributed by atoms with E-state index < -0.39 is 22.9 Å². The van der Waals surface area contributed by atoms with Gasteiger partial charge in [-0.3, -0.25) is 14.9 Å². The third-order valence-electron chi connectivity index (χ3n) is 3.86. The molecule has 0 aliphatic carbocycles. The molecule has 7 heteroatoms. The summed E-state index contributed by atoms with van der Waals surface area (Å²) in [6.07, 6.45) is -0.637. The van der Waals surface area contributed by atoms with Gasteiger partial charge in [-0.25, -0.2) is 4.79 Å². The Balaban J connectivity index is 1.77. The van der Waals surface area contributed by atoms with Gasteiger partial charge in [-0.2, -0.15) is 0 Å². The maximum Gasteiger partial charge on any atom is 0.339 e. The van der Waals surface area contributed by atoms with Crippen molar-refractivity contribution < 1.29 is 19.2 Å². The molecule has 3 rings (SSSR count). The van der Waals surface area contributed by atoms with Crippen molar-refractivity contribution in [3.63, 3.8) is 0 Å². The van der Waals surface area contributed by atoms with E-state index >= 15 is 0 Å². The van der Waals surface area contributed by atoms with E-state index in [1.165, 1.54) is 18.2 Å². The Morgan fingerprint density at radius 2 is 2.04 bits per heavy atom. The van der Waals surface area contributed by atoms with Gasteiger partial charge in [-0.05, 0) is 30.2 Å². The molecule has 0 radical (unpaired) electrons. The smallest absolute Gasteiger partial charge is 0.339 e. The molecule has 0 fully saturated rings. The average molecular weight is 326 g/mol. The lowest BCUT2D eigenvalue weighted by molar-refractivity contribution is -0.384. The molecule has 24 heavy (non-hydrogen) atoms. The molecule has 1 aliphatic rings. The van der Waals surface area contributed by atoms with E-state index in [9.17, 15) is 19.7 Å². The number of nitrogens with one attached hydrogen (secondary N) is 1. The van der Waals surface area contributed by atoms with Crippen LogP contribution in [0.3, 0.4) is 0 Å². The second kappa shape index (κ2) is 6.11. The zero-order valence-corrected chi connectivity index (χ0v) is 12.8. The number of aryl methyl sites for hydroxylation is 1. The molecule has 2 aromatic rings. The van der Waals surface area contributed by atoms with Gasteiger partial charge in [0.2, 0.25) is 0 Å². The highest BCUT2D eigenvalue weighted by Gasteiger charge is 2.31. The van der Waals surface area contributed by atoms with Crippen LogP contribution in [0.25, 0.3) is 0 Å². The van der Waals surface area contributed by atoms with Crippen molar-refractivity contribution in [2.75, 3.05) is 5.32 Å². The normalized spacial score (nSPS) is 16.0. The molecule has 1 aliphatic heterocycles. The first kappa shape index (κ1) is 15.7. The van der Waals surface area contributed by atoms with E-state index in [1.807, 2.05) is 0 Å². The largest absolute Gasteiger partial charge is 0.448 e. The van der Waals surface area contributed by atoms with E-state index in [4.69, 9.17) is 4.74 Å². The molecule has 1 N–H and O–H groups in total. The van der Waals surface area contributed by atoms with Crippen molar-refractivity contribution in [3.8, 4) is 0 Å². The number of cyclic esters (lactones) is 1. The van der Waals surface area contributed by atoms with Gasteiger partial charge in [0, 0.05) is 24.2 Å². The molecule has 122 valence electrons. The standard InChI is InChI=1S/C17H14N2O5/c1-10-8-12(19(22)23)6-7-14(10)18-16(20)15-9-11-4-2-3-5-13(11)17(21)24-15/h2-8,15H,9H2,1H3,(H,18,20)/t15-/m1/s1. The number of ether oxygens (including phenoxy) is 1. The lowest BCUT2D eigenvalue weighted by Gasteiger charge is -2.24. The number of fused-ring (bicyclic) bond motifs is 1. The number of hydrogen-bond acceptors (Lipinski definition) is 5. The van der Waals surface area contributed by atoms with E-state index in [2.05, 4.69) is 5.32 Å². The highest BCUT2D eigenvalue weighted by molar-refractivity contribution is 6.00. The molecule has 1 atom stereocenters. The van der Waals surface area contributed by atoms with Crippen LogP contribution in [0, 0.1) is 17.0 Å². The summed E-state index contributed by atoms with van der Waals surface area (Å²) in [7, 11) is 0.